The molecule has 0 fully saturated rings. The Hall–Kier alpha value is -11.5. The summed E-state index contributed by atoms with van der Waals surface area (Å²) in [6.07, 6.45) is 12.0. The molecule has 14 rings (SSSR count). The Morgan fingerprint density at radius 2 is 1.15 bits per heavy atom. The summed E-state index contributed by atoms with van der Waals surface area (Å²) in [7, 11) is 7.27. The summed E-state index contributed by atoms with van der Waals surface area (Å²) in [4.78, 5) is 46.7. The average Bonchev–Trinajstić information content (AvgIpc) is 1.65. The molecule has 1 amide bonds. The maximum absolute atomic E-state index is 13.6. The fraction of sp³-hybridized carbons (Fsp3) is 0.147. The minimum absolute atomic E-state index is 0.221. The van der Waals surface area contributed by atoms with Crippen molar-refractivity contribution in [1.82, 2.24) is 29.5 Å². The second-order valence-corrected chi connectivity index (χ2v) is 23.0. The fourth-order valence-electron chi connectivity index (χ4n) is 11.3. The van der Waals surface area contributed by atoms with E-state index >= 15 is 0 Å². The molecule has 0 unspecified atom stereocenters. The van der Waals surface area contributed by atoms with Gasteiger partial charge in [-0.15, -0.1) is 0 Å². The van der Waals surface area contributed by atoms with Crippen LogP contribution in [-0.2, 0) is 11.3 Å². The summed E-state index contributed by atoms with van der Waals surface area (Å²) in [5.74, 6) is 2.46. The van der Waals surface area contributed by atoms with E-state index in [-0.39, 0.29) is 11.8 Å². The lowest BCUT2D eigenvalue weighted by Crippen LogP contribution is -2.23. The highest BCUT2D eigenvalue weighted by Gasteiger charge is 2.24. The van der Waals surface area contributed by atoms with Crippen LogP contribution in [-0.4, -0.2) is 74.7 Å². The first kappa shape index (κ1) is 59.8. The van der Waals surface area contributed by atoms with Crippen LogP contribution in [0.1, 0.15) is 62.1 Å². The minimum Gasteiger partial charge on any atom is -0.506 e. The first-order valence-electron chi connectivity index (χ1n) is 29.9. The number of nitrogens with zero attached hydrogens (tertiary/aromatic N) is 5. The molecule has 16 heteroatoms. The van der Waals surface area contributed by atoms with Crippen molar-refractivity contribution in [3.8, 4) is 17.2 Å². The zero-order chi connectivity index (χ0) is 63.4. The minimum atomic E-state index is -0.257. The van der Waals surface area contributed by atoms with E-state index in [1.165, 1.54) is 5.56 Å². The van der Waals surface area contributed by atoms with Gasteiger partial charge in [-0.1, -0.05) is 66.7 Å². The van der Waals surface area contributed by atoms with Gasteiger partial charge in [0, 0.05) is 93.7 Å². The third-order valence-corrected chi connectivity index (χ3v) is 15.9. The maximum Gasteiger partial charge on any atom is 0.331 e. The number of aromatic nitrogens is 6. The van der Waals surface area contributed by atoms with Gasteiger partial charge < -0.3 is 54.5 Å². The number of aryl methyl sites for hydroxylation is 6. The number of nitrogens with one attached hydrogen (secondary N) is 6. The zero-order valence-corrected chi connectivity index (χ0v) is 52.5. The highest BCUT2D eigenvalue weighted by molar-refractivity contribution is 6.16. The number of aliphatic imine (C=N–C) groups is 1. The predicted molar refractivity (Wildman–Crippen MR) is 364 cm³/mol. The van der Waals surface area contributed by atoms with Crippen molar-refractivity contribution in [2.24, 2.45) is 15.0 Å². The van der Waals surface area contributed by atoms with Gasteiger partial charge >= 0.3 is 6.03 Å². The van der Waals surface area contributed by atoms with E-state index in [1.54, 1.807) is 24.9 Å². The first-order chi connectivity index (χ1) is 44.0. The molecule has 0 saturated carbocycles. The number of hydrogen-bond acceptors (Lipinski definition) is 9. The van der Waals surface area contributed by atoms with Gasteiger partial charge in [-0.2, -0.15) is 0 Å². The Morgan fingerprint density at radius 3 is 1.74 bits per heavy atom. The van der Waals surface area contributed by atoms with Crippen molar-refractivity contribution in [1.29, 1.82) is 0 Å². The number of aromatic hydroxyl groups is 1. The van der Waals surface area contributed by atoms with Gasteiger partial charge in [-0.05, 0) is 173 Å². The molecule has 0 atom stereocenters. The van der Waals surface area contributed by atoms with Crippen molar-refractivity contribution < 1.29 is 24.1 Å². The third kappa shape index (κ3) is 13.2. The molecule has 3 aliphatic rings. The predicted octanol–water partition coefficient (Wildman–Crippen LogP) is 9.42. The number of methoxy groups -OCH3 is 2. The molecule has 11 aromatic rings. The van der Waals surface area contributed by atoms with E-state index < -0.39 is 0 Å². The molecule has 456 valence electrons. The number of ether oxygens (including phenoxy) is 3. The normalized spacial score (nSPS) is 14.9. The summed E-state index contributed by atoms with van der Waals surface area (Å²) in [5.41, 5.74) is 17.2. The quantitative estimate of drug-likeness (QED) is 0.0673. The van der Waals surface area contributed by atoms with E-state index in [4.69, 9.17) is 24.2 Å². The number of H-pyrrole nitrogens is 5. The van der Waals surface area contributed by atoms with E-state index in [2.05, 4.69) is 92.4 Å². The largest absolute Gasteiger partial charge is 0.506 e. The molecule has 3 aliphatic heterocycles. The highest BCUT2D eigenvalue weighted by Crippen LogP contribution is 2.30. The van der Waals surface area contributed by atoms with Gasteiger partial charge in [0.05, 0.1) is 74.6 Å². The molecule has 5 aromatic carbocycles. The van der Waals surface area contributed by atoms with Crippen LogP contribution in [0.15, 0.2) is 190 Å². The van der Waals surface area contributed by atoms with Crippen LogP contribution < -0.4 is 62.2 Å². The van der Waals surface area contributed by atoms with Crippen LogP contribution in [0.5, 0.6) is 17.2 Å². The zero-order valence-electron chi connectivity index (χ0n) is 52.5. The number of amides is 1. The number of aromatic amines is 5. The monoisotopic (exact) mass is 1210 g/mol. The second-order valence-electron chi connectivity index (χ2n) is 23.0. The lowest BCUT2D eigenvalue weighted by Gasteiger charge is -2.14. The van der Waals surface area contributed by atoms with Crippen LogP contribution in [0.2, 0.25) is 0 Å². The van der Waals surface area contributed by atoms with Gasteiger partial charge in [0.2, 0.25) is 0 Å². The SMILES string of the molecule is COC1=CC(c2cc3ccccc3n2C(=O)Nc2ccc(N(C)C)cc2)=N/C1=C/c1[nH]c(C)cc1C.COc1cccc(COc2cc(=C3C=c4ccccc4=N3)[nH]/c2=C\c2[nH]c(C)cc2C)c1.Cc1cc(C)c(/C=c2\[nH]c(=C3C=c4ccccc4=N3)cc2O)[nH]1. The molecule has 0 bridgehead atoms. The Morgan fingerprint density at radius 1 is 0.582 bits per heavy atom. The smallest absolute Gasteiger partial charge is 0.331 e. The number of para-hydroxylation sites is 3. The molecule has 0 aliphatic carbocycles. The average molecular weight is 1210 g/mol. The lowest BCUT2D eigenvalue weighted by atomic mass is 10.2. The van der Waals surface area contributed by atoms with E-state index in [0.717, 1.165) is 128 Å². The van der Waals surface area contributed by atoms with Crippen LogP contribution in [0, 0.1) is 41.5 Å². The van der Waals surface area contributed by atoms with E-state index in [1.807, 2.05) is 191 Å². The molecular weight excluding hydrogens is 1130 g/mol. The summed E-state index contributed by atoms with van der Waals surface area (Å²) in [6, 6.07) is 51.4. The van der Waals surface area contributed by atoms with Crippen molar-refractivity contribution in [2.75, 3.05) is 38.5 Å². The van der Waals surface area contributed by atoms with E-state index in [0.29, 0.717) is 40.5 Å². The summed E-state index contributed by atoms with van der Waals surface area (Å²) in [6.45, 7) is 12.7. The highest BCUT2D eigenvalue weighted by atomic mass is 16.5. The molecule has 0 saturated heterocycles. The molecule has 7 N–H and O–H groups in total. The molecule has 0 radical (unpaired) electrons. The fourth-order valence-corrected chi connectivity index (χ4v) is 11.3. The van der Waals surface area contributed by atoms with Gasteiger partial charge in [0.15, 0.2) is 0 Å². The van der Waals surface area contributed by atoms with Crippen molar-refractivity contribution in [2.45, 2.75) is 48.1 Å². The number of hydrogen-bond donors (Lipinski definition) is 7. The third-order valence-electron chi connectivity index (χ3n) is 15.9. The molecule has 0 spiro atoms. The number of benzene rings is 5. The number of carbonyl (C=O) groups excluding carboxylic acids is 1. The topological polar surface area (TPSA) is 201 Å². The summed E-state index contributed by atoms with van der Waals surface area (Å²) < 4.78 is 18.9. The number of allylic oxidation sites excluding steroid dienone is 1. The van der Waals surface area contributed by atoms with Crippen molar-refractivity contribution >= 4 is 75.8 Å². The Balaban J connectivity index is 0.000000135. The molecule has 91 heavy (non-hydrogen) atoms. The number of rotatable bonds is 11. The van der Waals surface area contributed by atoms with Crippen LogP contribution >= 0.6 is 0 Å². The van der Waals surface area contributed by atoms with Crippen LogP contribution in [0.4, 0.5) is 16.2 Å². The van der Waals surface area contributed by atoms with E-state index in [9.17, 15) is 9.90 Å². The maximum atomic E-state index is 13.6. The van der Waals surface area contributed by atoms with Crippen LogP contribution in [0.3, 0.4) is 0 Å². The van der Waals surface area contributed by atoms with Gasteiger partial charge in [-0.25, -0.2) is 19.8 Å². The standard InChI is InChI=1S/C29H29N5O2.C27H25N3O2.C19H17N3O/c1-18-14-19(2)30-23(18)16-25-28(36-5)17-24(32-25)27-15-20-8-6-7-9-26(20)34(27)29(35)31-21-10-12-22(13-11-21)33(3)4;1-17-11-18(2)28-23(17)14-26-27(32-16-19-7-6-9-21(12-19)31-3)15-25(30-26)24-13-20-8-4-5-10-22(20)29-24;1-11-7-12(2)20-15(11)9-18-19(23)10-17(22-18)16-8-13-5-3-4-6-14(13)21-16/h6-17,30H,1-5H3,(H,31,35);4-15,28,30H,16H2,1-3H3;3-10,20,22-23H,1-2H3/b25-16+;25-24?,26-14-;17-16?,18-9-. The Kier molecular flexibility index (Phi) is 16.9. The van der Waals surface area contributed by atoms with Crippen molar-refractivity contribution in [3.05, 3.63) is 280 Å². The number of anilines is 2. The Labute approximate surface area is 525 Å². The second kappa shape index (κ2) is 25.7. The molecule has 9 heterocycles. The van der Waals surface area contributed by atoms with Gasteiger partial charge in [-0.3, -0.25) is 4.57 Å². The molecule has 16 nitrogen and oxygen atoms in total. The molecule has 6 aromatic heterocycles. The van der Waals surface area contributed by atoms with Gasteiger partial charge in [0.1, 0.15) is 35.3 Å². The van der Waals surface area contributed by atoms with Crippen molar-refractivity contribution in [3.63, 3.8) is 0 Å². The number of fused-ring (bicyclic) bond motifs is 3. The van der Waals surface area contributed by atoms with Crippen LogP contribution in [0.25, 0.3) is 52.7 Å². The summed E-state index contributed by atoms with van der Waals surface area (Å²) in [5, 5.41) is 21.7. The number of carbonyl (C=O) groups is 1. The first-order valence-corrected chi connectivity index (χ1v) is 29.9. The summed E-state index contributed by atoms with van der Waals surface area (Å²) >= 11 is 0. The lowest BCUT2D eigenvalue weighted by molar-refractivity contribution is 0.254. The molecular formula is C75H71N11O5. The van der Waals surface area contributed by atoms with Gasteiger partial charge in [0.25, 0.3) is 0 Å². The Bertz CT molecular complexity index is 5200.